The summed E-state index contributed by atoms with van der Waals surface area (Å²) in [5.41, 5.74) is 0. The molecule has 7 heteroatoms. The van der Waals surface area contributed by atoms with Crippen molar-refractivity contribution in [2.45, 2.75) is 32.7 Å². The minimum absolute atomic E-state index is 0.0728. The van der Waals surface area contributed by atoms with Gasteiger partial charge in [-0.3, -0.25) is 19.3 Å². The van der Waals surface area contributed by atoms with E-state index in [1.165, 1.54) is 13.8 Å². The maximum absolute atomic E-state index is 11.0. The summed E-state index contributed by atoms with van der Waals surface area (Å²) in [6, 6.07) is 0.0961. The van der Waals surface area contributed by atoms with Crippen molar-refractivity contribution >= 4 is 17.8 Å². The second kappa shape index (κ2) is 7.84. The molecule has 1 amide bonds. The number of nitrogens with zero attached hydrogens (tertiary/aromatic N) is 1. The second-order valence-corrected chi connectivity index (χ2v) is 5.13. The van der Waals surface area contributed by atoms with Gasteiger partial charge in [-0.25, -0.2) is 0 Å². The molecule has 0 aromatic heterocycles. The molecule has 7 nitrogen and oxygen atoms in total. The molecule has 0 aromatic carbocycles. The van der Waals surface area contributed by atoms with E-state index in [1.807, 2.05) is 0 Å². The number of carboxylic acids is 1. The third-order valence-corrected chi connectivity index (χ3v) is 3.35. The summed E-state index contributed by atoms with van der Waals surface area (Å²) in [7, 11) is 0. The van der Waals surface area contributed by atoms with E-state index in [9.17, 15) is 14.4 Å². The largest absolute Gasteiger partial charge is 0.481 e. The molecule has 0 unspecified atom stereocenters. The maximum atomic E-state index is 11.0. The van der Waals surface area contributed by atoms with Gasteiger partial charge in [0.05, 0.1) is 0 Å². The number of nitrogens with one attached hydrogen (secondary N) is 1. The van der Waals surface area contributed by atoms with Gasteiger partial charge in [0.25, 0.3) is 0 Å². The van der Waals surface area contributed by atoms with Crippen LogP contribution in [-0.2, 0) is 19.1 Å². The summed E-state index contributed by atoms with van der Waals surface area (Å²) in [6.07, 6.45) is 0.854. The van der Waals surface area contributed by atoms with Gasteiger partial charge in [-0.05, 0) is 12.3 Å². The van der Waals surface area contributed by atoms with Crippen LogP contribution in [0.4, 0.5) is 0 Å². The molecule has 114 valence electrons. The van der Waals surface area contributed by atoms with Crippen molar-refractivity contribution in [2.24, 2.45) is 5.92 Å². The third kappa shape index (κ3) is 6.01. The van der Waals surface area contributed by atoms with E-state index in [1.54, 1.807) is 0 Å². The van der Waals surface area contributed by atoms with Crippen LogP contribution in [-0.4, -0.2) is 60.1 Å². The molecule has 1 saturated heterocycles. The number of likely N-dealkylation sites (tertiary alicyclic amines) is 1. The Bertz CT molecular complexity index is 372. The van der Waals surface area contributed by atoms with E-state index in [2.05, 4.69) is 10.2 Å². The van der Waals surface area contributed by atoms with Crippen LogP contribution < -0.4 is 5.32 Å². The number of carboxylic acid groups (broad SMARTS) is 1. The Hall–Kier alpha value is -1.63. The van der Waals surface area contributed by atoms with Crippen LogP contribution in [0.15, 0.2) is 0 Å². The molecular formula is C13H22N2O5. The summed E-state index contributed by atoms with van der Waals surface area (Å²) in [5.74, 6) is -1.17. The first kappa shape index (κ1) is 16.4. The predicted octanol–water partition coefficient (Wildman–Crippen LogP) is -0.149. The van der Waals surface area contributed by atoms with Crippen LogP contribution in [0.2, 0.25) is 0 Å². The highest BCUT2D eigenvalue weighted by molar-refractivity contribution is 5.72. The van der Waals surface area contributed by atoms with E-state index in [4.69, 9.17) is 9.84 Å². The SMILES string of the molecule is CC(=O)NC[C@@H]1C[C@H](CC(=O)O)CN1CCOC(C)=O. The summed E-state index contributed by atoms with van der Waals surface area (Å²) >= 11 is 0. The molecular weight excluding hydrogens is 264 g/mol. The summed E-state index contributed by atoms with van der Waals surface area (Å²) < 4.78 is 4.91. The van der Waals surface area contributed by atoms with Gasteiger partial charge in [0, 0.05) is 45.9 Å². The molecule has 20 heavy (non-hydrogen) atoms. The molecule has 2 atom stereocenters. The van der Waals surface area contributed by atoms with Crippen molar-refractivity contribution in [1.29, 1.82) is 0 Å². The molecule has 0 saturated carbocycles. The van der Waals surface area contributed by atoms with Gasteiger partial charge >= 0.3 is 11.9 Å². The zero-order valence-electron chi connectivity index (χ0n) is 11.9. The van der Waals surface area contributed by atoms with Gasteiger partial charge in [0.1, 0.15) is 6.61 Å². The maximum Gasteiger partial charge on any atom is 0.303 e. The number of carbonyl (C=O) groups is 3. The van der Waals surface area contributed by atoms with Gasteiger partial charge in [0.2, 0.25) is 5.91 Å². The Morgan fingerprint density at radius 3 is 2.60 bits per heavy atom. The zero-order valence-corrected chi connectivity index (χ0v) is 11.9. The monoisotopic (exact) mass is 286 g/mol. The molecule has 0 aromatic rings. The van der Waals surface area contributed by atoms with E-state index < -0.39 is 5.97 Å². The predicted molar refractivity (Wildman–Crippen MR) is 71.0 cm³/mol. The Morgan fingerprint density at radius 2 is 2.05 bits per heavy atom. The minimum atomic E-state index is -0.810. The second-order valence-electron chi connectivity index (χ2n) is 5.13. The summed E-state index contributed by atoms with van der Waals surface area (Å²) in [6.45, 7) is 4.79. The topological polar surface area (TPSA) is 95.9 Å². The number of ether oxygens (including phenoxy) is 1. The van der Waals surface area contributed by atoms with Crippen LogP contribution in [0, 0.1) is 5.92 Å². The van der Waals surface area contributed by atoms with Crippen molar-refractivity contribution < 1.29 is 24.2 Å². The van der Waals surface area contributed by atoms with Crippen molar-refractivity contribution in [2.75, 3.05) is 26.2 Å². The first-order valence-electron chi connectivity index (χ1n) is 6.72. The lowest BCUT2D eigenvalue weighted by Crippen LogP contribution is -2.41. The average Bonchev–Trinajstić information content (AvgIpc) is 2.67. The molecule has 1 heterocycles. The van der Waals surface area contributed by atoms with Crippen molar-refractivity contribution in [3.8, 4) is 0 Å². The van der Waals surface area contributed by atoms with Crippen LogP contribution >= 0.6 is 0 Å². The summed E-state index contributed by atoms with van der Waals surface area (Å²) in [4.78, 5) is 34.6. The molecule has 0 radical (unpaired) electrons. The quantitative estimate of drug-likeness (QED) is 0.632. The average molecular weight is 286 g/mol. The molecule has 0 spiro atoms. The number of aliphatic carboxylic acids is 1. The van der Waals surface area contributed by atoms with Gasteiger partial charge < -0.3 is 15.2 Å². The lowest BCUT2D eigenvalue weighted by molar-refractivity contribution is -0.141. The van der Waals surface area contributed by atoms with Crippen LogP contribution in [0.3, 0.4) is 0 Å². The number of carbonyl (C=O) groups excluding carboxylic acids is 2. The van der Waals surface area contributed by atoms with E-state index in [0.29, 0.717) is 19.6 Å². The fourth-order valence-electron chi connectivity index (χ4n) is 2.54. The highest BCUT2D eigenvalue weighted by atomic mass is 16.5. The van der Waals surface area contributed by atoms with Crippen LogP contribution in [0.1, 0.15) is 26.7 Å². The Balaban J connectivity index is 2.48. The lowest BCUT2D eigenvalue weighted by Gasteiger charge is -2.24. The zero-order chi connectivity index (χ0) is 15.1. The molecule has 0 aliphatic carbocycles. The Morgan fingerprint density at radius 1 is 1.35 bits per heavy atom. The minimum Gasteiger partial charge on any atom is -0.481 e. The number of esters is 1. The smallest absolute Gasteiger partial charge is 0.303 e. The number of hydrogen-bond donors (Lipinski definition) is 2. The summed E-state index contributed by atoms with van der Waals surface area (Å²) in [5, 5.41) is 11.6. The number of rotatable bonds is 7. The highest BCUT2D eigenvalue weighted by Gasteiger charge is 2.32. The van der Waals surface area contributed by atoms with Gasteiger partial charge in [-0.15, -0.1) is 0 Å². The molecule has 0 bridgehead atoms. The number of amides is 1. The van der Waals surface area contributed by atoms with Crippen molar-refractivity contribution in [1.82, 2.24) is 10.2 Å². The standard InChI is InChI=1S/C13H22N2O5/c1-9(16)14-7-12-5-11(6-13(18)19)8-15(12)3-4-20-10(2)17/h11-12H,3-8H2,1-2H3,(H,14,16)(H,18,19)/t11-,12+/m1/s1. The van der Waals surface area contributed by atoms with Gasteiger partial charge in [0.15, 0.2) is 0 Å². The number of hydrogen-bond acceptors (Lipinski definition) is 5. The molecule has 1 fully saturated rings. The molecule has 2 N–H and O–H groups in total. The normalized spacial score (nSPS) is 22.5. The van der Waals surface area contributed by atoms with Gasteiger partial charge in [-0.2, -0.15) is 0 Å². The molecule has 1 aliphatic heterocycles. The van der Waals surface area contributed by atoms with Crippen molar-refractivity contribution in [3.05, 3.63) is 0 Å². The third-order valence-electron chi connectivity index (χ3n) is 3.35. The first-order chi connectivity index (χ1) is 9.38. The van der Waals surface area contributed by atoms with Crippen LogP contribution in [0.25, 0.3) is 0 Å². The first-order valence-corrected chi connectivity index (χ1v) is 6.72. The van der Waals surface area contributed by atoms with Gasteiger partial charge in [-0.1, -0.05) is 0 Å². The Kier molecular flexibility index (Phi) is 6.44. The molecule has 1 aliphatic rings. The van der Waals surface area contributed by atoms with E-state index in [0.717, 1.165) is 6.42 Å². The van der Waals surface area contributed by atoms with E-state index in [-0.39, 0.29) is 36.9 Å². The molecule has 1 rings (SSSR count). The highest BCUT2D eigenvalue weighted by Crippen LogP contribution is 2.25. The van der Waals surface area contributed by atoms with Crippen molar-refractivity contribution in [3.63, 3.8) is 0 Å². The fourth-order valence-corrected chi connectivity index (χ4v) is 2.54. The fraction of sp³-hybridized carbons (Fsp3) is 0.769. The van der Waals surface area contributed by atoms with Crippen LogP contribution in [0.5, 0.6) is 0 Å². The van der Waals surface area contributed by atoms with E-state index >= 15 is 0 Å². The lowest BCUT2D eigenvalue weighted by atomic mass is 10.0. The Labute approximate surface area is 118 Å².